The van der Waals surface area contributed by atoms with Gasteiger partial charge in [0.2, 0.25) is 15.9 Å². The quantitative estimate of drug-likeness (QED) is 0.668. The highest BCUT2D eigenvalue weighted by Gasteiger charge is 2.16. The van der Waals surface area contributed by atoms with Gasteiger partial charge in [-0.05, 0) is 44.8 Å². The van der Waals surface area contributed by atoms with Crippen LogP contribution in [0.3, 0.4) is 0 Å². The number of carbonyl (C=O) groups is 1. The van der Waals surface area contributed by atoms with E-state index in [0.717, 1.165) is 13.0 Å². The summed E-state index contributed by atoms with van der Waals surface area (Å²) in [4.78, 5) is 13.8. The lowest BCUT2D eigenvalue weighted by Crippen LogP contribution is -2.39. The van der Waals surface area contributed by atoms with Crippen LogP contribution in [0, 0.1) is 5.82 Å². The summed E-state index contributed by atoms with van der Waals surface area (Å²) < 4.78 is 37.7. The van der Waals surface area contributed by atoms with Crippen LogP contribution in [0.5, 0.6) is 0 Å². The molecule has 0 heterocycles. The van der Waals surface area contributed by atoms with Gasteiger partial charge in [0.15, 0.2) is 0 Å². The summed E-state index contributed by atoms with van der Waals surface area (Å²) in [6.07, 6.45) is 2.03. The molecule has 0 aliphatic rings. The third kappa shape index (κ3) is 8.37. The number of carbonyl (C=O) groups excluding carboxylic acids is 1. The van der Waals surface area contributed by atoms with E-state index in [2.05, 4.69) is 5.32 Å². The van der Waals surface area contributed by atoms with Crippen molar-refractivity contribution >= 4 is 15.9 Å². The number of nitrogens with one attached hydrogen (secondary N) is 1. The Morgan fingerprint density at radius 3 is 2.29 bits per heavy atom. The van der Waals surface area contributed by atoms with Gasteiger partial charge in [-0.1, -0.05) is 12.1 Å². The Labute approximate surface area is 143 Å². The molecule has 0 unspecified atom stereocenters. The number of hydrogen-bond acceptors (Lipinski definition) is 4. The minimum absolute atomic E-state index is 0.139. The molecule has 0 aliphatic carbocycles. The third-order valence-corrected chi connectivity index (χ3v) is 4.75. The Hall–Kier alpha value is -1.51. The van der Waals surface area contributed by atoms with Gasteiger partial charge < -0.3 is 10.2 Å². The summed E-state index contributed by atoms with van der Waals surface area (Å²) in [6.45, 7) is 1.70. The Balaban J connectivity index is 2.40. The molecule has 6 nitrogen and oxygen atoms in total. The summed E-state index contributed by atoms with van der Waals surface area (Å²) in [7, 11) is 0.559. The van der Waals surface area contributed by atoms with Crippen molar-refractivity contribution < 1.29 is 17.6 Å². The highest BCUT2D eigenvalue weighted by molar-refractivity contribution is 7.88. The maximum absolute atomic E-state index is 12.8. The van der Waals surface area contributed by atoms with Crippen LogP contribution >= 0.6 is 0 Å². The molecular formula is C16H26FN3O3S. The molecule has 0 atom stereocenters. The Bertz CT molecular complexity index is 618. The van der Waals surface area contributed by atoms with Gasteiger partial charge in [-0.2, -0.15) is 0 Å². The normalized spacial score (nSPS) is 11.9. The average molecular weight is 359 g/mol. The predicted molar refractivity (Wildman–Crippen MR) is 92.7 cm³/mol. The van der Waals surface area contributed by atoms with Crippen molar-refractivity contribution in [3.05, 3.63) is 35.6 Å². The molecule has 0 aromatic heterocycles. The number of amides is 1. The topological polar surface area (TPSA) is 69.7 Å². The molecule has 0 bridgehead atoms. The minimum Gasteiger partial charge on any atom is -0.354 e. The van der Waals surface area contributed by atoms with E-state index in [1.165, 1.54) is 22.7 Å². The summed E-state index contributed by atoms with van der Waals surface area (Å²) >= 11 is 0. The fourth-order valence-corrected chi connectivity index (χ4v) is 3.06. The lowest BCUT2D eigenvalue weighted by Gasteiger charge is -2.21. The Kier molecular flexibility index (Phi) is 8.30. The minimum atomic E-state index is -3.30. The lowest BCUT2D eigenvalue weighted by atomic mass is 10.1. The average Bonchev–Trinajstić information content (AvgIpc) is 2.46. The van der Waals surface area contributed by atoms with Crippen LogP contribution in [-0.2, 0) is 21.2 Å². The second kappa shape index (κ2) is 9.71. The van der Waals surface area contributed by atoms with E-state index >= 15 is 0 Å². The van der Waals surface area contributed by atoms with E-state index in [4.69, 9.17) is 0 Å². The third-order valence-electron chi connectivity index (χ3n) is 3.44. The van der Waals surface area contributed by atoms with Crippen molar-refractivity contribution in [2.24, 2.45) is 0 Å². The zero-order valence-electron chi connectivity index (χ0n) is 14.5. The molecule has 0 saturated carbocycles. The molecule has 0 aliphatic heterocycles. The number of nitrogens with zero attached hydrogens (tertiary/aromatic N) is 2. The smallest absolute Gasteiger partial charge is 0.224 e. The highest BCUT2D eigenvalue weighted by atomic mass is 32.2. The summed E-state index contributed by atoms with van der Waals surface area (Å²) in [6, 6.07) is 5.72. The van der Waals surface area contributed by atoms with Gasteiger partial charge in [0.1, 0.15) is 5.82 Å². The first kappa shape index (κ1) is 20.5. The van der Waals surface area contributed by atoms with Crippen molar-refractivity contribution in [3.8, 4) is 0 Å². The molecule has 1 aromatic carbocycles. The van der Waals surface area contributed by atoms with Crippen LogP contribution in [0.2, 0.25) is 0 Å². The molecular weight excluding hydrogens is 333 g/mol. The largest absolute Gasteiger partial charge is 0.354 e. The molecule has 0 radical (unpaired) electrons. The van der Waals surface area contributed by atoms with Crippen LogP contribution in [-0.4, -0.2) is 70.1 Å². The second-order valence-corrected chi connectivity index (χ2v) is 7.95. The number of sulfonamides is 1. The summed E-state index contributed by atoms with van der Waals surface area (Å²) in [5.74, 6) is -0.566. The molecule has 0 spiro atoms. The van der Waals surface area contributed by atoms with Gasteiger partial charge in [0, 0.05) is 19.6 Å². The standard InChI is InChI=1S/C16H26FN3O3S/c1-19(2)10-4-11-20(24(3,22)23)12-9-18-16(21)13-14-5-7-15(17)8-6-14/h5-8H,4,9-13H2,1-3H3,(H,18,21). The van der Waals surface area contributed by atoms with E-state index in [1.54, 1.807) is 12.1 Å². The molecule has 1 aromatic rings. The van der Waals surface area contributed by atoms with Gasteiger partial charge in [0.05, 0.1) is 12.7 Å². The fraction of sp³-hybridized carbons (Fsp3) is 0.562. The van der Waals surface area contributed by atoms with Crippen LogP contribution in [0.25, 0.3) is 0 Å². The van der Waals surface area contributed by atoms with Gasteiger partial charge in [-0.25, -0.2) is 17.1 Å². The van der Waals surface area contributed by atoms with E-state index in [-0.39, 0.29) is 31.2 Å². The Morgan fingerprint density at radius 1 is 1.12 bits per heavy atom. The van der Waals surface area contributed by atoms with Crippen molar-refractivity contribution in [3.63, 3.8) is 0 Å². The molecule has 1 amide bonds. The van der Waals surface area contributed by atoms with Gasteiger partial charge in [-0.3, -0.25) is 4.79 Å². The van der Waals surface area contributed by atoms with Gasteiger partial charge in [-0.15, -0.1) is 0 Å². The zero-order valence-corrected chi connectivity index (χ0v) is 15.3. The van der Waals surface area contributed by atoms with Crippen molar-refractivity contribution in [2.45, 2.75) is 12.8 Å². The number of halogens is 1. The molecule has 8 heteroatoms. The van der Waals surface area contributed by atoms with E-state index in [1.807, 2.05) is 19.0 Å². The molecule has 24 heavy (non-hydrogen) atoms. The number of benzene rings is 1. The maximum Gasteiger partial charge on any atom is 0.224 e. The maximum atomic E-state index is 12.8. The molecule has 136 valence electrons. The molecule has 0 fully saturated rings. The van der Waals surface area contributed by atoms with Crippen LogP contribution in [0.4, 0.5) is 4.39 Å². The predicted octanol–water partition coefficient (Wildman–Crippen LogP) is 0.698. The van der Waals surface area contributed by atoms with Gasteiger partial charge in [0.25, 0.3) is 0 Å². The summed E-state index contributed by atoms with van der Waals surface area (Å²) in [5.41, 5.74) is 0.708. The molecule has 1 rings (SSSR count). The van der Waals surface area contributed by atoms with E-state index in [0.29, 0.717) is 12.1 Å². The molecule has 0 saturated heterocycles. The van der Waals surface area contributed by atoms with Crippen molar-refractivity contribution in [2.75, 3.05) is 46.5 Å². The van der Waals surface area contributed by atoms with Crippen LogP contribution in [0.15, 0.2) is 24.3 Å². The van der Waals surface area contributed by atoms with Crippen LogP contribution < -0.4 is 5.32 Å². The summed E-state index contributed by atoms with van der Waals surface area (Å²) in [5, 5.41) is 2.70. The van der Waals surface area contributed by atoms with Crippen molar-refractivity contribution in [1.82, 2.24) is 14.5 Å². The first-order valence-corrected chi connectivity index (χ1v) is 9.64. The van der Waals surface area contributed by atoms with E-state index in [9.17, 15) is 17.6 Å². The van der Waals surface area contributed by atoms with Gasteiger partial charge >= 0.3 is 0 Å². The first-order valence-electron chi connectivity index (χ1n) is 7.79. The SMILES string of the molecule is CN(C)CCCN(CCNC(=O)Cc1ccc(F)cc1)S(C)(=O)=O. The Morgan fingerprint density at radius 2 is 1.75 bits per heavy atom. The number of rotatable bonds is 10. The fourth-order valence-electron chi connectivity index (χ4n) is 2.18. The first-order chi connectivity index (χ1) is 11.2. The van der Waals surface area contributed by atoms with Crippen molar-refractivity contribution in [1.29, 1.82) is 0 Å². The highest BCUT2D eigenvalue weighted by Crippen LogP contribution is 2.03. The monoisotopic (exact) mass is 359 g/mol. The number of hydrogen-bond donors (Lipinski definition) is 1. The van der Waals surface area contributed by atoms with Crippen LogP contribution in [0.1, 0.15) is 12.0 Å². The zero-order chi connectivity index (χ0) is 18.2. The van der Waals surface area contributed by atoms with E-state index < -0.39 is 10.0 Å². The second-order valence-electron chi connectivity index (χ2n) is 5.97. The lowest BCUT2D eigenvalue weighted by molar-refractivity contribution is -0.120. The molecule has 1 N–H and O–H groups in total.